The summed E-state index contributed by atoms with van der Waals surface area (Å²) in [6.07, 6.45) is 3.49. The van der Waals surface area contributed by atoms with E-state index in [1.807, 2.05) is 4.90 Å². The smallest absolute Gasteiger partial charge is 0.239 e. The van der Waals surface area contributed by atoms with E-state index < -0.39 is 0 Å². The molecule has 4 heteroatoms. The van der Waals surface area contributed by atoms with E-state index in [2.05, 4.69) is 18.7 Å². The Morgan fingerprint density at radius 2 is 2.18 bits per heavy atom. The van der Waals surface area contributed by atoms with Gasteiger partial charge in [-0.3, -0.25) is 9.69 Å². The Hall–Kier alpha value is -0.610. The molecule has 2 fully saturated rings. The summed E-state index contributed by atoms with van der Waals surface area (Å²) in [5, 5.41) is 0. The molecule has 0 saturated carbocycles. The Bertz CT molecular complexity index is 282. The average Bonchev–Trinajstić information content (AvgIpc) is 2.83. The van der Waals surface area contributed by atoms with Crippen LogP contribution in [0.25, 0.3) is 0 Å². The number of hydrogen-bond donors (Lipinski definition) is 1. The van der Waals surface area contributed by atoms with E-state index in [1.54, 1.807) is 0 Å². The highest BCUT2D eigenvalue weighted by molar-refractivity contribution is 5.82. The van der Waals surface area contributed by atoms with Gasteiger partial charge in [0.05, 0.1) is 6.04 Å². The summed E-state index contributed by atoms with van der Waals surface area (Å²) in [4.78, 5) is 16.8. The quantitative estimate of drug-likeness (QED) is 0.787. The number of nitrogens with two attached hydrogens (primary N) is 1. The van der Waals surface area contributed by atoms with Gasteiger partial charge in [0.1, 0.15) is 0 Å². The zero-order valence-corrected chi connectivity index (χ0v) is 11.1. The minimum absolute atomic E-state index is 0.158. The molecule has 17 heavy (non-hydrogen) atoms. The fourth-order valence-corrected chi connectivity index (χ4v) is 2.90. The third kappa shape index (κ3) is 2.63. The summed E-state index contributed by atoms with van der Waals surface area (Å²) >= 11 is 0. The number of piperazine rings is 1. The van der Waals surface area contributed by atoms with Crippen LogP contribution in [0, 0.1) is 5.92 Å². The number of amides is 1. The molecule has 0 aromatic rings. The normalized spacial score (nSPS) is 28.9. The molecule has 2 aliphatic rings. The summed E-state index contributed by atoms with van der Waals surface area (Å²) < 4.78 is 0. The molecule has 4 nitrogen and oxygen atoms in total. The molecular formula is C13H25N3O. The lowest BCUT2D eigenvalue weighted by atomic mass is 9.98. The molecule has 2 rings (SSSR count). The number of hydrogen-bond acceptors (Lipinski definition) is 3. The predicted octanol–water partition coefficient (Wildman–Crippen LogP) is 0.666. The molecule has 0 aromatic carbocycles. The van der Waals surface area contributed by atoms with Crippen LogP contribution in [-0.4, -0.2) is 54.0 Å². The van der Waals surface area contributed by atoms with Gasteiger partial charge in [0.15, 0.2) is 0 Å². The number of fused-ring (bicyclic) bond motifs is 1. The van der Waals surface area contributed by atoms with E-state index in [0.717, 1.165) is 26.1 Å². The number of carbonyl (C=O) groups is 1. The molecule has 0 aliphatic carbocycles. The molecule has 0 aromatic heterocycles. The number of carbonyl (C=O) groups excluding carboxylic acids is 1. The molecule has 2 aliphatic heterocycles. The first-order valence-electron chi connectivity index (χ1n) is 6.92. The molecule has 0 radical (unpaired) electrons. The lowest BCUT2D eigenvalue weighted by Gasteiger charge is -2.39. The van der Waals surface area contributed by atoms with Crippen molar-refractivity contribution >= 4 is 5.91 Å². The van der Waals surface area contributed by atoms with Crippen molar-refractivity contribution in [3.8, 4) is 0 Å². The highest BCUT2D eigenvalue weighted by Crippen LogP contribution is 2.22. The lowest BCUT2D eigenvalue weighted by Crippen LogP contribution is -2.56. The predicted molar refractivity (Wildman–Crippen MR) is 68.6 cm³/mol. The SMILES string of the molecule is CCC(C)C(N)C(=O)N1CCN2CCCC2C1. The molecule has 2 N–H and O–H groups in total. The van der Waals surface area contributed by atoms with Crippen molar-refractivity contribution in [3.05, 3.63) is 0 Å². The second-order valence-electron chi connectivity index (χ2n) is 5.53. The van der Waals surface area contributed by atoms with Crippen LogP contribution in [0.5, 0.6) is 0 Å². The Kier molecular flexibility index (Phi) is 4.05. The maximum atomic E-state index is 12.3. The maximum absolute atomic E-state index is 12.3. The first-order valence-corrected chi connectivity index (χ1v) is 6.92. The monoisotopic (exact) mass is 239 g/mol. The fourth-order valence-electron chi connectivity index (χ4n) is 2.90. The Labute approximate surface area is 104 Å². The van der Waals surface area contributed by atoms with Crippen LogP contribution in [0.4, 0.5) is 0 Å². The van der Waals surface area contributed by atoms with Gasteiger partial charge in [0, 0.05) is 25.7 Å². The van der Waals surface area contributed by atoms with E-state index in [0.29, 0.717) is 6.04 Å². The first kappa shape index (κ1) is 12.8. The van der Waals surface area contributed by atoms with Gasteiger partial charge in [-0.05, 0) is 25.3 Å². The summed E-state index contributed by atoms with van der Waals surface area (Å²) in [5.41, 5.74) is 6.03. The summed E-state index contributed by atoms with van der Waals surface area (Å²) in [7, 11) is 0. The molecule has 0 bridgehead atoms. The fraction of sp³-hybridized carbons (Fsp3) is 0.923. The van der Waals surface area contributed by atoms with Crippen molar-refractivity contribution in [1.29, 1.82) is 0 Å². The highest BCUT2D eigenvalue weighted by Gasteiger charge is 2.34. The standard InChI is InChI=1S/C13H25N3O/c1-3-10(2)12(14)13(17)16-8-7-15-6-4-5-11(15)9-16/h10-12H,3-9,14H2,1-2H3. The highest BCUT2D eigenvalue weighted by atomic mass is 16.2. The zero-order chi connectivity index (χ0) is 12.4. The van der Waals surface area contributed by atoms with Crippen molar-refractivity contribution in [1.82, 2.24) is 9.80 Å². The Morgan fingerprint density at radius 3 is 2.88 bits per heavy atom. The average molecular weight is 239 g/mol. The summed E-state index contributed by atoms with van der Waals surface area (Å²) in [5.74, 6) is 0.440. The van der Waals surface area contributed by atoms with Crippen LogP contribution >= 0.6 is 0 Å². The van der Waals surface area contributed by atoms with Crippen LogP contribution in [0.3, 0.4) is 0 Å². The molecule has 98 valence electrons. The second-order valence-corrected chi connectivity index (χ2v) is 5.53. The van der Waals surface area contributed by atoms with Crippen LogP contribution in [0.15, 0.2) is 0 Å². The molecule has 0 spiro atoms. The first-order chi connectivity index (χ1) is 8.13. The van der Waals surface area contributed by atoms with Gasteiger partial charge in [0.2, 0.25) is 5.91 Å². The zero-order valence-electron chi connectivity index (χ0n) is 11.1. The van der Waals surface area contributed by atoms with Gasteiger partial charge in [0.25, 0.3) is 0 Å². The molecular weight excluding hydrogens is 214 g/mol. The molecule has 3 unspecified atom stereocenters. The molecule has 2 heterocycles. The number of nitrogens with zero attached hydrogens (tertiary/aromatic N) is 2. The lowest BCUT2D eigenvalue weighted by molar-refractivity contribution is -0.136. The van der Waals surface area contributed by atoms with Gasteiger partial charge < -0.3 is 10.6 Å². The van der Waals surface area contributed by atoms with Crippen molar-refractivity contribution in [2.75, 3.05) is 26.2 Å². The van der Waals surface area contributed by atoms with Gasteiger partial charge >= 0.3 is 0 Å². The van der Waals surface area contributed by atoms with E-state index in [9.17, 15) is 4.79 Å². The van der Waals surface area contributed by atoms with E-state index in [4.69, 9.17) is 5.73 Å². The van der Waals surface area contributed by atoms with Crippen molar-refractivity contribution < 1.29 is 4.79 Å². The molecule has 3 atom stereocenters. The van der Waals surface area contributed by atoms with E-state index in [1.165, 1.54) is 19.4 Å². The topological polar surface area (TPSA) is 49.6 Å². The van der Waals surface area contributed by atoms with Crippen LogP contribution in [-0.2, 0) is 4.79 Å². The third-order valence-corrected chi connectivity index (χ3v) is 4.44. The molecule has 1 amide bonds. The van der Waals surface area contributed by atoms with Gasteiger partial charge in [-0.1, -0.05) is 20.3 Å². The van der Waals surface area contributed by atoms with Gasteiger partial charge in [-0.15, -0.1) is 0 Å². The third-order valence-electron chi connectivity index (χ3n) is 4.44. The van der Waals surface area contributed by atoms with E-state index >= 15 is 0 Å². The van der Waals surface area contributed by atoms with Crippen LogP contribution < -0.4 is 5.73 Å². The van der Waals surface area contributed by atoms with Crippen LogP contribution in [0.1, 0.15) is 33.1 Å². The van der Waals surface area contributed by atoms with Gasteiger partial charge in [-0.25, -0.2) is 0 Å². The largest absolute Gasteiger partial charge is 0.338 e. The minimum Gasteiger partial charge on any atom is -0.338 e. The second kappa shape index (κ2) is 5.36. The minimum atomic E-state index is -0.312. The van der Waals surface area contributed by atoms with E-state index in [-0.39, 0.29) is 17.9 Å². The van der Waals surface area contributed by atoms with Gasteiger partial charge in [-0.2, -0.15) is 0 Å². The van der Waals surface area contributed by atoms with Crippen molar-refractivity contribution in [2.24, 2.45) is 11.7 Å². The molecule has 2 saturated heterocycles. The van der Waals surface area contributed by atoms with Crippen LogP contribution in [0.2, 0.25) is 0 Å². The maximum Gasteiger partial charge on any atom is 0.239 e. The van der Waals surface area contributed by atoms with Crippen molar-refractivity contribution in [3.63, 3.8) is 0 Å². The number of rotatable bonds is 3. The Balaban J connectivity index is 1.92. The van der Waals surface area contributed by atoms with Crippen molar-refractivity contribution in [2.45, 2.75) is 45.2 Å². The summed E-state index contributed by atoms with van der Waals surface area (Å²) in [6, 6.07) is 0.282. The Morgan fingerprint density at radius 1 is 1.41 bits per heavy atom. The summed E-state index contributed by atoms with van der Waals surface area (Å²) in [6.45, 7) is 8.15.